The van der Waals surface area contributed by atoms with E-state index in [1.54, 1.807) is 6.08 Å². The number of aryl methyl sites for hydroxylation is 1. The van der Waals surface area contributed by atoms with Gasteiger partial charge in [0.1, 0.15) is 11.6 Å². The number of benzene rings is 2. The third-order valence-electron chi connectivity index (χ3n) is 3.38. The molecule has 0 atom stereocenters. The topological polar surface area (TPSA) is 52.9 Å². The Hall–Kier alpha value is -2.13. The van der Waals surface area contributed by atoms with E-state index in [1.165, 1.54) is 0 Å². The second-order valence-corrected chi connectivity index (χ2v) is 6.17. The van der Waals surface area contributed by atoms with Gasteiger partial charge in [0.05, 0.1) is 0 Å². The van der Waals surface area contributed by atoms with E-state index >= 15 is 0 Å². The van der Waals surface area contributed by atoms with Crippen LogP contribution in [0.2, 0.25) is 0 Å². The van der Waals surface area contributed by atoms with Crippen LogP contribution >= 0.6 is 22.6 Å². The average Bonchev–Trinajstić information content (AvgIpc) is 2.49. The van der Waals surface area contributed by atoms with Crippen molar-refractivity contribution in [3.8, 4) is 6.07 Å². The summed E-state index contributed by atoms with van der Waals surface area (Å²) >= 11 is 2.20. The molecule has 2 rings (SSSR count). The normalized spacial score (nSPS) is 10.9. The lowest BCUT2D eigenvalue weighted by Gasteiger charge is -2.09. The van der Waals surface area contributed by atoms with Gasteiger partial charge in [0, 0.05) is 9.26 Å². The third kappa shape index (κ3) is 3.95. The standard InChI is InChI=1S/C18H15IN2O/c1-12-5-3-8-17(13(12)2)21-18(22)15(11-20)9-14-6-4-7-16(19)10-14/h3-10H,1-2H3,(H,21,22). The molecule has 0 spiro atoms. The van der Waals surface area contributed by atoms with Crippen molar-refractivity contribution < 1.29 is 4.79 Å². The molecule has 1 amide bonds. The Labute approximate surface area is 143 Å². The molecule has 0 bridgehead atoms. The van der Waals surface area contributed by atoms with Gasteiger partial charge in [-0.15, -0.1) is 0 Å². The highest BCUT2D eigenvalue weighted by Crippen LogP contribution is 2.19. The van der Waals surface area contributed by atoms with Gasteiger partial charge in [-0.3, -0.25) is 4.79 Å². The number of nitrogens with one attached hydrogen (secondary N) is 1. The van der Waals surface area contributed by atoms with Crippen molar-refractivity contribution in [2.24, 2.45) is 0 Å². The minimum atomic E-state index is -0.393. The molecule has 0 aliphatic carbocycles. The van der Waals surface area contributed by atoms with E-state index in [0.29, 0.717) is 0 Å². The summed E-state index contributed by atoms with van der Waals surface area (Å²) in [5, 5.41) is 12.1. The minimum absolute atomic E-state index is 0.0860. The number of hydrogen-bond donors (Lipinski definition) is 1. The molecular weight excluding hydrogens is 387 g/mol. The predicted molar refractivity (Wildman–Crippen MR) is 97.3 cm³/mol. The third-order valence-corrected chi connectivity index (χ3v) is 4.05. The van der Waals surface area contributed by atoms with Gasteiger partial charge in [0.25, 0.3) is 5.91 Å². The molecule has 0 aliphatic heterocycles. The van der Waals surface area contributed by atoms with Crippen LogP contribution in [-0.2, 0) is 4.79 Å². The highest BCUT2D eigenvalue weighted by Gasteiger charge is 2.11. The summed E-state index contributed by atoms with van der Waals surface area (Å²) in [4.78, 5) is 12.3. The van der Waals surface area contributed by atoms with Gasteiger partial charge in [0.15, 0.2) is 0 Å². The maximum Gasteiger partial charge on any atom is 0.266 e. The van der Waals surface area contributed by atoms with E-state index in [9.17, 15) is 10.1 Å². The van der Waals surface area contributed by atoms with Gasteiger partial charge >= 0.3 is 0 Å². The van der Waals surface area contributed by atoms with E-state index in [4.69, 9.17) is 0 Å². The van der Waals surface area contributed by atoms with Gasteiger partial charge in [-0.2, -0.15) is 5.26 Å². The number of carbonyl (C=O) groups excluding carboxylic acids is 1. The van der Waals surface area contributed by atoms with Crippen LogP contribution in [0.25, 0.3) is 6.08 Å². The first-order valence-electron chi connectivity index (χ1n) is 6.76. The van der Waals surface area contributed by atoms with Crippen LogP contribution in [0.4, 0.5) is 5.69 Å². The van der Waals surface area contributed by atoms with Gasteiger partial charge in [0.2, 0.25) is 0 Å². The van der Waals surface area contributed by atoms with Crippen molar-refractivity contribution in [3.63, 3.8) is 0 Å². The maximum absolute atomic E-state index is 12.3. The number of rotatable bonds is 3. The van der Waals surface area contributed by atoms with Crippen LogP contribution in [0.3, 0.4) is 0 Å². The summed E-state index contributed by atoms with van der Waals surface area (Å²) in [6.07, 6.45) is 1.60. The molecule has 2 aromatic rings. The summed E-state index contributed by atoms with van der Waals surface area (Å²) in [5.41, 5.74) is 3.75. The highest BCUT2D eigenvalue weighted by atomic mass is 127. The molecular formula is C18H15IN2O. The molecule has 0 saturated carbocycles. The van der Waals surface area contributed by atoms with E-state index < -0.39 is 5.91 Å². The minimum Gasteiger partial charge on any atom is -0.321 e. The first kappa shape index (κ1) is 16.2. The zero-order chi connectivity index (χ0) is 16.1. The molecule has 3 nitrogen and oxygen atoms in total. The first-order chi connectivity index (χ1) is 10.5. The van der Waals surface area contributed by atoms with Crippen molar-refractivity contribution in [3.05, 3.63) is 68.3 Å². The largest absolute Gasteiger partial charge is 0.321 e. The average molecular weight is 402 g/mol. The Bertz CT molecular complexity index is 788. The number of halogens is 1. The lowest BCUT2D eigenvalue weighted by Crippen LogP contribution is -2.14. The molecule has 2 aromatic carbocycles. The molecule has 0 aliphatic rings. The number of nitrogens with zero attached hydrogens (tertiary/aromatic N) is 1. The van der Waals surface area contributed by atoms with Crippen LogP contribution < -0.4 is 5.32 Å². The van der Waals surface area contributed by atoms with Crippen molar-refractivity contribution in [1.29, 1.82) is 5.26 Å². The van der Waals surface area contributed by atoms with E-state index in [-0.39, 0.29) is 5.57 Å². The Balaban J connectivity index is 2.26. The van der Waals surface area contributed by atoms with Crippen LogP contribution in [-0.4, -0.2) is 5.91 Å². The van der Waals surface area contributed by atoms with Gasteiger partial charge in [-0.05, 0) is 77.4 Å². The Kier molecular flexibility index (Phi) is 5.34. The molecule has 0 aromatic heterocycles. The molecule has 0 saturated heterocycles. The quantitative estimate of drug-likeness (QED) is 0.469. The second-order valence-electron chi connectivity index (χ2n) is 4.93. The molecule has 1 N–H and O–H groups in total. The fraction of sp³-hybridized carbons (Fsp3) is 0.111. The second kappa shape index (κ2) is 7.23. The SMILES string of the molecule is Cc1cccc(NC(=O)C(C#N)=Cc2cccc(I)c2)c1C. The number of carbonyl (C=O) groups is 1. The highest BCUT2D eigenvalue weighted by molar-refractivity contribution is 14.1. The monoisotopic (exact) mass is 402 g/mol. The molecule has 110 valence electrons. The smallest absolute Gasteiger partial charge is 0.266 e. The summed E-state index contributed by atoms with van der Waals surface area (Å²) in [7, 11) is 0. The zero-order valence-corrected chi connectivity index (χ0v) is 14.5. The first-order valence-corrected chi connectivity index (χ1v) is 7.84. The van der Waals surface area contributed by atoms with Crippen LogP contribution in [0.15, 0.2) is 48.0 Å². The summed E-state index contributed by atoms with van der Waals surface area (Å²) < 4.78 is 1.05. The van der Waals surface area contributed by atoms with Crippen LogP contribution in [0.5, 0.6) is 0 Å². The molecule has 0 unspecified atom stereocenters. The van der Waals surface area contributed by atoms with Crippen LogP contribution in [0, 0.1) is 28.7 Å². The van der Waals surface area contributed by atoms with Gasteiger partial charge in [-0.1, -0.05) is 24.3 Å². The molecule has 0 radical (unpaired) electrons. The maximum atomic E-state index is 12.3. The predicted octanol–water partition coefficient (Wildman–Crippen LogP) is 4.45. The molecule has 0 fully saturated rings. The van der Waals surface area contributed by atoms with E-state index in [0.717, 1.165) is 25.9 Å². The Morgan fingerprint density at radius 3 is 2.64 bits per heavy atom. The fourth-order valence-corrected chi connectivity index (χ4v) is 2.55. The number of hydrogen-bond acceptors (Lipinski definition) is 2. The fourth-order valence-electron chi connectivity index (χ4n) is 1.99. The van der Waals surface area contributed by atoms with Crippen LogP contribution in [0.1, 0.15) is 16.7 Å². The zero-order valence-electron chi connectivity index (χ0n) is 12.4. The lowest BCUT2D eigenvalue weighted by atomic mass is 10.1. The van der Waals surface area contributed by atoms with Crippen molar-refractivity contribution >= 4 is 40.3 Å². The number of nitriles is 1. The summed E-state index contributed by atoms with van der Waals surface area (Å²) in [6.45, 7) is 3.93. The van der Waals surface area contributed by atoms with E-state index in [1.807, 2.05) is 62.4 Å². The Morgan fingerprint density at radius 2 is 1.95 bits per heavy atom. The molecule has 0 heterocycles. The van der Waals surface area contributed by atoms with Gasteiger partial charge < -0.3 is 5.32 Å². The lowest BCUT2D eigenvalue weighted by molar-refractivity contribution is -0.112. The van der Waals surface area contributed by atoms with Crippen molar-refractivity contribution in [2.45, 2.75) is 13.8 Å². The number of amides is 1. The summed E-state index contributed by atoms with van der Waals surface area (Å²) in [5.74, 6) is -0.393. The Morgan fingerprint density at radius 1 is 1.23 bits per heavy atom. The number of anilines is 1. The van der Waals surface area contributed by atoms with Crippen molar-refractivity contribution in [2.75, 3.05) is 5.32 Å². The molecule has 4 heteroatoms. The van der Waals surface area contributed by atoms with Crippen molar-refractivity contribution in [1.82, 2.24) is 0 Å². The van der Waals surface area contributed by atoms with E-state index in [2.05, 4.69) is 27.9 Å². The summed E-state index contributed by atoms with van der Waals surface area (Å²) in [6, 6.07) is 15.3. The molecule has 22 heavy (non-hydrogen) atoms. The van der Waals surface area contributed by atoms with Gasteiger partial charge in [-0.25, -0.2) is 0 Å².